The molecule has 1 saturated heterocycles. The molecule has 1 fully saturated rings. The number of ether oxygens (including phenoxy) is 2. The largest absolute Gasteiger partial charge is 0.490 e. The molecule has 11 heteroatoms. The fourth-order valence-corrected chi connectivity index (χ4v) is 3.71. The van der Waals surface area contributed by atoms with Gasteiger partial charge in [0.05, 0.1) is 10.0 Å². The topological polar surface area (TPSA) is 108 Å². The van der Waals surface area contributed by atoms with E-state index in [4.69, 9.17) is 42.6 Å². The number of hydrogen-bond donors (Lipinski definition) is 2. The molecule has 3 rings (SSSR count). The van der Waals surface area contributed by atoms with Crippen LogP contribution in [0.15, 0.2) is 42.5 Å². The lowest BCUT2D eigenvalue weighted by Gasteiger charge is -2.32. The van der Waals surface area contributed by atoms with Gasteiger partial charge in [0.1, 0.15) is 17.6 Å². The summed E-state index contributed by atoms with van der Waals surface area (Å²) in [7, 11) is 3.33. The van der Waals surface area contributed by atoms with Gasteiger partial charge in [0, 0.05) is 58.8 Å². The maximum Gasteiger partial charge on any atom is 0.300 e. The number of carbonyl (C=O) groups is 3. The second kappa shape index (κ2) is 15.3. The average molecular weight is 554 g/mol. The zero-order chi connectivity index (χ0) is 27.4. The van der Waals surface area contributed by atoms with E-state index in [1.807, 2.05) is 6.07 Å². The van der Waals surface area contributed by atoms with Gasteiger partial charge in [-0.3, -0.25) is 14.4 Å². The zero-order valence-corrected chi connectivity index (χ0v) is 22.7. The lowest BCUT2D eigenvalue weighted by Crippen LogP contribution is -2.42. The summed E-state index contributed by atoms with van der Waals surface area (Å²) >= 11 is 12.0. The van der Waals surface area contributed by atoms with E-state index >= 15 is 0 Å². The molecule has 37 heavy (non-hydrogen) atoms. The number of aliphatic carboxylic acids is 1. The molecule has 202 valence electrons. The lowest BCUT2D eigenvalue weighted by molar-refractivity contribution is -0.134. The first-order chi connectivity index (χ1) is 17.5. The van der Waals surface area contributed by atoms with Crippen molar-refractivity contribution in [3.8, 4) is 11.5 Å². The predicted octanol–water partition coefficient (Wildman–Crippen LogP) is 3.82. The van der Waals surface area contributed by atoms with Crippen LogP contribution in [-0.4, -0.2) is 85.7 Å². The summed E-state index contributed by atoms with van der Waals surface area (Å²) in [5.74, 6) is 0.0718. The van der Waals surface area contributed by atoms with E-state index in [9.17, 15) is 9.59 Å². The fourth-order valence-electron chi connectivity index (χ4n) is 3.42. The van der Waals surface area contributed by atoms with Gasteiger partial charge in [0.15, 0.2) is 6.61 Å². The predicted molar refractivity (Wildman–Crippen MR) is 143 cm³/mol. The van der Waals surface area contributed by atoms with Gasteiger partial charge in [-0.25, -0.2) is 0 Å². The molecule has 0 saturated carbocycles. The monoisotopic (exact) mass is 553 g/mol. The Bertz CT molecular complexity index is 1050. The van der Waals surface area contributed by atoms with Crippen LogP contribution in [0, 0.1) is 0 Å². The van der Waals surface area contributed by atoms with Crippen LogP contribution in [0.1, 0.15) is 30.1 Å². The molecule has 1 aliphatic rings. The molecule has 0 unspecified atom stereocenters. The number of likely N-dealkylation sites (N-methyl/N-ethyl adjacent to an activating group) is 1. The minimum Gasteiger partial charge on any atom is -0.490 e. The van der Waals surface area contributed by atoms with Crippen LogP contribution in [-0.2, 0) is 9.59 Å². The Morgan fingerprint density at radius 1 is 1.05 bits per heavy atom. The van der Waals surface area contributed by atoms with Crippen molar-refractivity contribution in [2.75, 3.05) is 46.9 Å². The number of nitrogens with zero attached hydrogens (tertiary/aromatic N) is 2. The van der Waals surface area contributed by atoms with Crippen molar-refractivity contribution >= 4 is 41.0 Å². The first-order valence-electron chi connectivity index (χ1n) is 11.8. The molecule has 0 radical (unpaired) electrons. The zero-order valence-electron chi connectivity index (χ0n) is 21.2. The second-order valence-electron chi connectivity index (χ2n) is 8.61. The summed E-state index contributed by atoms with van der Waals surface area (Å²) in [5.41, 5.74) is 0.499. The summed E-state index contributed by atoms with van der Waals surface area (Å²) in [5, 5.41) is 11.4. The van der Waals surface area contributed by atoms with Crippen molar-refractivity contribution in [3.63, 3.8) is 0 Å². The summed E-state index contributed by atoms with van der Waals surface area (Å²) in [6.45, 7) is 4.11. The highest BCUT2D eigenvalue weighted by Crippen LogP contribution is 2.28. The van der Waals surface area contributed by atoms with Crippen molar-refractivity contribution in [2.24, 2.45) is 0 Å². The molecule has 0 atom stereocenters. The molecule has 0 aliphatic carbocycles. The van der Waals surface area contributed by atoms with E-state index in [1.165, 1.54) is 4.90 Å². The normalized spacial score (nSPS) is 13.6. The number of piperidine rings is 1. The standard InChI is InChI=1S/C24H29Cl2N3O4.C2H4O2/c1-28(2)23(30)16-32-19-5-3-4-17(14-19)24(31)27-10-13-29-11-8-18(9-12-29)33-20-6-7-21(25)22(26)15-20;1-2(3)4/h3-7,14-15,18H,8-13,16H2,1-2H3,(H,27,31);1H3,(H,3,4). The Kier molecular flexibility index (Phi) is 12.5. The molecule has 2 aromatic rings. The molecule has 9 nitrogen and oxygen atoms in total. The minimum atomic E-state index is -0.833. The van der Waals surface area contributed by atoms with Crippen LogP contribution in [0.3, 0.4) is 0 Å². The number of nitrogens with one attached hydrogen (secondary N) is 1. The van der Waals surface area contributed by atoms with Gasteiger partial charge >= 0.3 is 0 Å². The summed E-state index contributed by atoms with van der Waals surface area (Å²) in [6, 6.07) is 12.1. The Morgan fingerprint density at radius 2 is 1.73 bits per heavy atom. The molecule has 0 aromatic heterocycles. The average Bonchev–Trinajstić information content (AvgIpc) is 2.85. The van der Waals surface area contributed by atoms with Crippen LogP contribution in [0.4, 0.5) is 0 Å². The van der Waals surface area contributed by atoms with Crippen molar-refractivity contribution in [2.45, 2.75) is 25.9 Å². The molecule has 2 N–H and O–H groups in total. The maximum absolute atomic E-state index is 12.5. The quantitative estimate of drug-likeness (QED) is 0.485. The van der Waals surface area contributed by atoms with Gasteiger partial charge in [-0.15, -0.1) is 0 Å². The Morgan fingerprint density at radius 3 is 2.35 bits per heavy atom. The first kappa shape index (κ1) is 30.2. The molecular weight excluding hydrogens is 521 g/mol. The second-order valence-corrected chi connectivity index (χ2v) is 9.43. The number of carbonyl (C=O) groups excluding carboxylic acids is 2. The van der Waals surface area contributed by atoms with E-state index < -0.39 is 5.97 Å². The van der Waals surface area contributed by atoms with Crippen LogP contribution >= 0.6 is 23.2 Å². The van der Waals surface area contributed by atoms with Crippen LogP contribution in [0.25, 0.3) is 0 Å². The number of hydrogen-bond acceptors (Lipinski definition) is 6. The minimum absolute atomic E-state index is 0.0667. The van der Waals surface area contributed by atoms with Gasteiger partial charge in [-0.05, 0) is 43.2 Å². The molecular formula is C26H33Cl2N3O6. The number of rotatable bonds is 9. The van der Waals surface area contributed by atoms with E-state index in [-0.39, 0.29) is 24.5 Å². The van der Waals surface area contributed by atoms with Crippen LogP contribution < -0.4 is 14.8 Å². The SMILES string of the molecule is CC(=O)O.CN(C)C(=O)COc1cccc(C(=O)NCCN2CCC(Oc3ccc(Cl)c(Cl)c3)CC2)c1. The van der Waals surface area contributed by atoms with Crippen molar-refractivity contribution in [3.05, 3.63) is 58.1 Å². The van der Waals surface area contributed by atoms with Gasteiger partial charge in [-0.1, -0.05) is 29.3 Å². The van der Waals surface area contributed by atoms with Gasteiger partial charge in [-0.2, -0.15) is 0 Å². The van der Waals surface area contributed by atoms with Crippen molar-refractivity contribution < 1.29 is 29.0 Å². The smallest absolute Gasteiger partial charge is 0.300 e. The molecule has 2 amide bonds. The highest BCUT2D eigenvalue weighted by Gasteiger charge is 2.21. The van der Waals surface area contributed by atoms with Gasteiger partial charge in [0.25, 0.3) is 17.8 Å². The number of likely N-dealkylation sites (tertiary alicyclic amines) is 1. The Balaban J connectivity index is 0.00000112. The number of benzene rings is 2. The third kappa shape index (κ3) is 11.3. The number of halogens is 2. The molecule has 0 spiro atoms. The van der Waals surface area contributed by atoms with Gasteiger partial charge in [0.2, 0.25) is 0 Å². The third-order valence-electron chi connectivity index (χ3n) is 5.40. The highest BCUT2D eigenvalue weighted by molar-refractivity contribution is 6.42. The van der Waals surface area contributed by atoms with E-state index in [2.05, 4.69) is 10.2 Å². The summed E-state index contributed by atoms with van der Waals surface area (Å²) in [6.07, 6.45) is 1.94. The maximum atomic E-state index is 12.5. The molecule has 1 aliphatic heterocycles. The van der Waals surface area contributed by atoms with Crippen LogP contribution in [0.2, 0.25) is 10.0 Å². The fraction of sp³-hybridized carbons (Fsp3) is 0.423. The van der Waals surface area contributed by atoms with Crippen molar-refractivity contribution in [1.29, 1.82) is 0 Å². The Labute approximate surface area is 227 Å². The first-order valence-corrected chi connectivity index (χ1v) is 12.6. The Hall–Kier alpha value is -3.01. The summed E-state index contributed by atoms with van der Waals surface area (Å²) < 4.78 is 11.5. The molecule has 1 heterocycles. The number of carboxylic acids is 1. The third-order valence-corrected chi connectivity index (χ3v) is 6.14. The van der Waals surface area contributed by atoms with E-state index in [1.54, 1.807) is 50.5 Å². The number of amides is 2. The van der Waals surface area contributed by atoms with Crippen molar-refractivity contribution in [1.82, 2.24) is 15.1 Å². The van der Waals surface area contributed by atoms with E-state index in [0.717, 1.165) is 45.1 Å². The highest BCUT2D eigenvalue weighted by atomic mass is 35.5. The molecule has 2 aromatic carbocycles. The lowest BCUT2D eigenvalue weighted by atomic mass is 10.1. The van der Waals surface area contributed by atoms with E-state index in [0.29, 0.717) is 27.9 Å². The van der Waals surface area contributed by atoms with Crippen LogP contribution in [0.5, 0.6) is 11.5 Å². The van der Waals surface area contributed by atoms with Gasteiger partial charge < -0.3 is 29.7 Å². The molecule has 0 bridgehead atoms. The summed E-state index contributed by atoms with van der Waals surface area (Å²) in [4.78, 5) is 36.9. The number of carboxylic acid groups (broad SMARTS) is 1.